The van der Waals surface area contributed by atoms with Gasteiger partial charge >= 0.3 is 0 Å². The number of carbonyl (C=O) groups excluding carboxylic acids is 3. The molecule has 1 aliphatic rings. The number of carbonyl (C=O) groups is 3. The number of halogens is 2. The molecule has 0 fully saturated rings. The van der Waals surface area contributed by atoms with Gasteiger partial charge in [0.05, 0.1) is 11.8 Å². The first kappa shape index (κ1) is 39.8. The molecule has 2 heterocycles. The maximum absolute atomic E-state index is 15.0. The number of nitrogens with zero attached hydrogens (tertiary/aromatic N) is 3. The average Bonchev–Trinajstić information content (AvgIpc) is 3.64. The van der Waals surface area contributed by atoms with E-state index < -0.39 is 23.3 Å². The molecule has 3 aromatic rings. The van der Waals surface area contributed by atoms with Gasteiger partial charge in [0.25, 0.3) is 0 Å². The van der Waals surface area contributed by atoms with Crippen molar-refractivity contribution in [2.24, 2.45) is 11.1 Å². The summed E-state index contributed by atoms with van der Waals surface area (Å²) in [5.74, 6) is -0.400. The van der Waals surface area contributed by atoms with Crippen LogP contribution in [0.25, 0.3) is 11.1 Å². The highest BCUT2D eigenvalue weighted by Gasteiger charge is 2.37. The van der Waals surface area contributed by atoms with Gasteiger partial charge in [0, 0.05) is 61.7 Å². The van der Waals surface area contributed by atoms with E-state index in [1.54, 1.807) is 11.8 Å². The van der Waals surface area contributed by atoms with Gasteiger partial charge in [-0.25, -0.2) is 8.78 Å². The summed E-state index contributed by atoms with van der Waals surface area (Å²) >= 11 is 1.56. The van der Waals surface area contributed by atoms with E-state index in [9.17, 15) is 23.9 Å². The second kappa shape index (κ2) is 19.0. The molecule has 2 atom stereocenters. The lowest BCUT2D eigenvalue weighted by Crippen LogP contribution is -2.44. The third-order valence-electron chi connectivity index (χ3n) is 8.81. The van der Waals surface area contributed by atoms with Crippen LogP contribution in [0.3, 0.4) is 0 Å². The van der Waals surface area contributed by atoms with E-state index in [4.69, 9.17) is 5.73 Å². The molecule has 0 bridgehead atoms. The lowest BCUT2D eigenvalue weighted by molar-refractivity contribution is -0.133. The number of hydrogen-bond donors (Lipinski definition) is 3. The second-order valence-corrected chi connectivity index (χ2v) is 15.0. The Balaban J connectivity index is 1.39. The number of thioether (sulfide) groups is 1. The van der Waals surface area contributed by atoms with Crippen molar-refractivity contribution in [3.05, 3.63) is 95.8 Å². The Morgan fingerprint density at radius 1 is 1.06 bits per heavy atom. The van der Waals surface area contributed by atoms with E-state index >= 15 is 4.39 Å². The van der Waals surface area contributed by atoms with Gasteiger partial charge in [-0.2, -0.15) is 11.8 Å². The number of aliphatic hydroxyl groups excluding tert-OH is 1. The minimum Gasteiger partial charge on any atom is -0.370 e. The average molecular weight is 724 g/mol. The van der Waals surface area contributed by atoms with Crippen molar-refractivity contribution in [3.8, 4) is 11.1 Å². The van der Waals surface area contributed by atoms with Crippen molar-refractivity contribution in [1.82, 2.24) is 19.7 Å². The summed E-state index contributed by atoms with van der Waals surface area (Å²) in [6.45, 7) is 8.13. The number of aliphatic hydroxyl groups is 1. The molecule has 3 amide bonds. The predicted molar refractivity (Wildman–Crippen MR) is 199 cm³/mol. The summed E-state index contributed by atoms with van der Waals surface area (Å²) in [6, 6.07) is 14.8. The van der Waals surface area contributed by atoms with E-state index in [0.29, 0.717) is 44.5 Å². The van der Waals surface area contributed by atoms with Gasteiger partial charge in [0.2, 0.25) is 17.7 Å². The van der Waals surface area contributed by atoms with Crippen molar-refractivity contribution in [2.75, 3.05) is 37.7 Å². The van der Waals surface area contributed by atoms with Crippen LogP contribution in [0.15, 0.2) is 72.9 Å². The molecule has 0 saturated carbocycles. The Hall–Kier alpha value is -4.00. The Morgan fingerprint density at radius 3 is 2.51 bits per heavy atom. The molecule has 4 N–H and O–H groups in total. The SMILES string of the molecule is CC(C)(C)[C@H](c1cc(-c2cc(F)ccc2F)cn1Cc1ccccc1)N(CCCN)C(=O)CSCCCCCC(=O)NCCN1C(=O)C=CC1O. The largest absolute Gasteiger partial charge is 0.370 e. The van der Waals surface area contributed by atoms with Crippen LogP contribution >= 0.6 is 11.8 Å². The first-order valence-corrected chi connectivity index (χ1v) is 18.7. The monoisotopic (exact) mass is 723 g/mol. The molecule has 51 heavy (non-hydrogen) atoms. The molecule has 2 aromatic carbocycles. The number of benzene rings is 2. The summed E-state index contributed by atoms with van der Waals surface area (Å²) in [7, 11) is 0. The summed E-state index contributed by atoms with van der Waals surface area (Å²) in [4.78, 5) is 41.1. The highest BCUT2D eigenvalue weighted by Crippen LogP contribution is 2.41. The van der Waals surface area contributed by atoms with E-state index in [1.165, 1.54) is 23.1 Å². The van der Waals surface area contributed by atoms with Gasteiger partial charge in [-0.3, -0.25) is 14.4 Å². The maximum Gasteiger partial charge on any atom is 0.248 e. The second-order valence-electron chi connectivity index (χ2n) is 13.9. The molecule has 0 aliphatic carbocycles. The Bertz CT molecular complexity index is 1640. The fourth-order valence-electron chi connectivity index (χ4n) is 6.33. The van der Waals surface area contributed by atoms with Crippen LogP contribution in [0.4, 0.5) is 8.78 Å². The Morgan fingerprint density at radius 2 is 1.82 bits per heavy atom. The first-order chi connectivity index (χ1) is 24.4. The van der Waals surface area contributed by atoms with Crippen molar-refractivity contribution in [1.29, 1.82) is 0 Å². The van der Waals surface area contributed by atoms with Crippen LogP contribution in [-0.4, -0.2) is 81.1 Å². The zero-order valence-corrected chi connectivity index (χ0v) is 30.6. The van der Waals surface area contributed by atoms with E-state index in [2.05, 4.69) is 26.1 Å². The van der Waals surface area contributed by atoms with Gasteiger partial charge < -0.3 is 30.5 Å². The van der Waals surface area contributed by atoms with Gasteiger partial charge in [0.15, 0.2) is 0 Å². The summed E-state index contributed by atoms with van der Waals surface area (Å²) in [6.07, 6.45) is 6.99. The molecule has 4 rings (SSSR count). The number of hydrogen-bond acceptors (Lipinski definition) is 6. The summed E-state index contributed by atoms with van der Waals surface area (Å²) in [5.41, 5.74) is 8.10. The van der Waals surface area contributed by atoms with Crippen LogP contribution in [0.1, 0.15) is 70.2 Å². The molecule has 0 saturated heterocycles. The molecule has 0 radical (unpaired) electrons. The van der Waals surface area contributed by atoms with E-state index in [-0.39, 0.29) is 48.2 Å². The fraction of sp³-hybridized carbons (Fsp3) is 0.462. The molecule has 1 aliphatic heterocycles. The minimum atomic E-state index is -0.942. The topological polar surface area (TPSA) is 121 Å². The van der Waals surface area contributed by atoms with Crippen molar-refractivity contribution in [3.63, 3.8) is 0 Å². The van der Waals surface area contributed by atoms with Crippen LogP contribution in [-0.2, 0) is 20.9 Å². The molecule has 0 spiro atoms. The van der Waals surface area contributed by atoms with Gasteiger partial charge in [0.1, 0.15) is 17.9 Å². The summed E-state index contributed by atoms with van der Waals surface area (Å²) in [5, 5.41) is 12.5. The zero-order chi connectivity index (χ0) is 37.0. The van der Waals surface area contributed by atoms with E-state index in [1.807, 2.05) is 52.1 Å². The molecular formula is C39H51F2N5O4S. The molecule has 9 nitrogen and oxygen atoms in total. The third kappa shape index (κ3) is 11.5. The third-order valence-corrected chi connectivity index (χ3v) is 9.84. The number of aromatic nitrogens is 1. The molecule has 1 aromatic heterocycles. The van der Waals surface area contributed by atoms with Crippen LogP contribution in [0.5, 0.6) is 0 Å². The number of nitrogens with two attached hydrogens (primary N) is 1. The van der Waals surface area contributed by atoms with Crippen LogP contribution < -0.4 is 11.1 Å². The van der Waals surface area contributed by atoms with Crippen LogP contribution in [0, 0.1) is 17.0 Å². The predicted octanol–water partition coefficient (Wildman–Crippen LogP) is 5.87. The lowest BCUT2D eigenvalue weighted by Gasteiger charge is -2.41. The Kier molecular flexibility index (Phi) is 14.8. The highest BCUT2D eigenvalue weighted by atomic mass is 32.2. The molecule has 12 heteroatoms. The highest BCUT2D eigenvalue weighted by molar-refractivity contribution is 7.99. The van der Waals surface area contributed by atoms with Crippen molar-refractivity contribution in [2.45, 2.75) is 71.7 Å². The minimum absolute atomic E-state index is 0.0181. The molecule has 276 valence electrons. The van der Waals surface area contributed by atoms with Gasteiger partial charge in [-0.15, -0.1) is 0 Å². The lowest BCUT2D eigenvalue weighted by atomic mass is 9.83. The first-order valence-electron chi connectivity index (χ1n) is 17.6. The van der Waals surface area contributed by atoms with Crippen molar-refractivity contribution >= 4 is 29.5 Å². The fourth-order valence-corrected chi connectivity index (χ4v) is 7.22. The molecule has 1 unspecified atom stereocenters. The normalized spacial score (nSPS) is 15.0. The van der Waals surface area contributed by atoms with Gasteiger partial charge in [-0.05, 0) is 72.9 Å². The standard InChI is InChI=1S/C39H51F2N5O4S/c1-39(2,3)38(33-23-29(31-24-30(40)14-15-32(31)41)26-44(33)25-28-11-6-4-7-12-28)46(20-10-18-42)37(50)27-51-22-9-5-8-13-34(47)43-19-21-45-35(48)16-17-36(45)49/h4,6-7,11-12,14-17,23-24,26,35,38,48H,5,8-10,13,18-22,25,27,42H2,1-3H3,(H,43,47)/t35?,38-/m0/s1. The zero-order valence-electron chi connectivity index (χ0n) is 29.8. The molecular weight excluding hydrogens is 673 g/mol. The summed E-state index contributed by atoms with van der Waals surface area (Å²) < 4.78 is 31.4. The maximum atomic E-state index is 15.0. The number of rotatable bonds is 19. The smallest absolute Gasteiger partial charge is 0.248 e. The van der Waals surface area contributed by atoms with Crippen molar-refractivity contribution < 1.29 is 28.3 Å². The van der Waals surface area contributed by atoms with E-state index in [0.717, 1.165) is 42.0 Å². The van der Waals surface area contributed by atoms with Gasteiger partial charge in [-0.1, -0.05) is 57.5 Å². The Labute approximate surface area is 304 Å². The number of nitrogens with one attached hydrogen (secondary N) is 1. The quantitative estimate of drug-likeness (QED) is 0.133. The van der Waals surface area contributed by atoms with Crippen LogP contribution in [0.2, 0.25) is 0 Å². The number of unbranched alkanes of at least 4 members (excludes halogenated alkanes) is 2. The number of amides is 3.